The lowest BCUT2D eigenvalue weighted by Crippen LogP contribution is -2.11. The number of ether oxygens (including phenoxy) is 1. The molecular weight excluding hydrogens is 340 g/mol. The number of hydrogen-bond acceptors (Lipinski definition) is 5. The fourth-order valence-electron chi connectivity index (χ4n) is 2.33. The third-order valence-electron chi connectivity index (χ3n) is 3.97. The minimum absolute atomic E-state index is 0.0577. The number of hydrogen-bond donors (Lipinski definition) is 0. The average Bonchev–Trinajstić information content (AvgIpc) is 2.61. The molecule has 2 rings (SSSR count). The van der Waals surface area contributed by atoms with Gasteiger partial charge in [-0.05, 0) is 43.5 Å². The Morgan fingerprint density at radius 3 is 2.20 bits per heavy atom. The van der Waals surface area contributed by atoms with Crippen LogP contribution in [0.2, 0.25) is 0 Å². The van der Waals surface area contributed by atoms with E-state index in [0.717, 1.165) is 16.7 Å². The lowest BCUT2D eigenvalue weighted by atomic mass is 9.99. The maximum Gasteiger partial charge on any atom is 0.312 e. The van der Waals surface area contributed by atoms with Gasteiger partial charge in [-0.2, -0.15) is 8.42 Å². The molecule has 2 aromatic carbocycles. The monoisotopic (exact) mass is 362 g/mol. The Labute approximate surface area is 148 Å². The molecule has 134 valence electrons. The summed E-state index contributed by atoms with van der Waals surface area (Å²) in [5, 5.41) is 0. The molecule has 0 saturated heterocycles. The summed E-state index contributed by atoms with van der Waals surface area (Å²) >= 11 is 0. The van der Waals surface area contributed by atoms with Gasteiger partial charge in [-0.25, -0.2) is 0 Å². The van der Waals surface area contributed by atoms with Crippen molar-refractivity contribution in [2.45, 2.75) is 31.1 Å². The van der Waals surface area contributed by atoms with E-state index in [0.29, 0.717) is 6.42 Å². The number of aryl methyl sites for hydroxylation is 1. The van der Waals surface area contributed by atoms with E-state index in [1.165, 1.54) is 19.2 Å². The molecule has 0 amide bonds. The number of rotatable bonds is 7. The molecule has 0 saturated carbocycles. The summed E-state index contributed by atoms with van der Waals surface area (Å²) < 4.78 is 34.0. The summed E-state index contributed by atoms with van der Waals surface area (Å²) in [7, 11) is -2.38. The number of methoxy groups -OCH3 is 1. The number of benzene rings is 2. The molecule has 1 atom stereocenters. The van der Waals surface area contributed by atoms with Crippen molar-refractivity contribution in [3.63, 3.8) is 0 Å². The van der Waals surface area contributed by atoms with E-state index in [4.69, 9.17) is 8.92 Å². The molecule has 25 heavy (non-hydrogen) atoms. The second-order valence-corrected chi connectivity index (χ2v) is 7.44. The highest BCUT2D eigenvalue weighted by atomic mass is 32.2. The Kier molecular flexibility index (Phi) is 6.33. The van der Waals surface area contributed by atoms with Gasteiger partial charge in [-0.1, -0.05) is 42.0 Å². The van der Waals surface area contributed by atoms with Crippen LogP contribution in [0.5, 0.6) is 0 Å². The highest BCUT2D eigenvalue weighted by molar-refractivity contribution is 7.86. The minimum atomic E-state index is -3.74. The SMILES string of the molecule is COC(=O)C(C)c1ccc(CCOS(=O)(=O)c2ccc(C)cc2)cc1. The number of esters is 1. The van der Waals surface area contributed by atoms with E-state index in [-0.39, 0.29) is 23.4 Å². The van der Waals surface area contributed by atoms with Crippen molar-refractivity contribution in [1.29, 1.82) is 0 Å². The second-order valence-electron chi connectivity index (χ2n) is 5.83. The zero-order valence-electron chi connectivity index (χ0n) is 14.6. The predicted molar refractivity (Wildman–Crippen MR) is 94.9 cm³/mol. The second kappa shape index (κ2) is 8.27. The van der Waals surface area contributed by atoms with Crippen LogP contribution >= 0.6 is 0 Å². The van der Waals surface area contributed by atoms with Crippen LogP contribution < -0.4 is 0 Å². The van der Waals surface area contributed by atoms with Crippen LogP contribution in [0.1, 0.15) is 29.5 Å². The topological polar surface area (TPSA) is 69.7 Å². The van der Waals surface area contributed by atoms with E-state index in [1.54, 1.807) is 19.1 Å². The minimum Gasteiger partial charge on any atom is -0.469 e. The van der Waals surface area contributed by atoms with Gasteiger partial charge in [0.15, 0.2) is 0 Å². The molecule has 0 aliphatic carbocycles. The molecule has 0 aromatic heterocycles. The van der Waals surface area contributed by atoms with E-state index in [2.05, 4.69) is 0 Å². The molecule has 0 aliphatic rings. The summed E-state index contributed by atoms with van der Waals surface area (Å²) in [6, 6.07) is 13.9. The van der Waals surface area contributed by atoms with Crippen LogP contribution in [0, 0.1) is 6.92 Å². The zero-order chi connectivity index (χ0) is 18.4. The summed E-state index contributed by atoms with van der Waals surface area (Å²) in [5.74, 6) is -0.627. The number of carbonyl (C=O) groups excluding carboxylic acids is 1. The fraction of sp³-hybridized carbons (Fsp3) is 0.316. The fourth-order valence-corrected chi connectivity index (χ4v) is 3.24. The summed E-state index contributed by atoms with van der Waals surface area (Å²) in [6.07, 6.45) is 0.456. The molecule has 0 heterocycles. The molecule has 0 radical (unpaired) electrons. The largest absolute Gasteiger partial charge is 0.469 e. The summed E-state index contributed by atoms with van der Waals surface area (Å²) in [5.41, 5.74) is 2.77. The lowest BCUT2D eigenvalue weighted by Gasteiger charge is -2.10. The Hall–Kier alpha value is -2.18. The van der Waals surface area contributed by atoms with Crippen molar-refractivity contribution < 1.29 is 22.1 Å². The molecule has 1 unspecified atom stereocenters. The Bertz CT molecular complexity index is 808. The first-order chi connectivity index (χ1) is 11.8. The third kappa shape index (κ3) is 5.14. The van der Waals surface area contributed by atoms with Crippen molar-refractivity contribution in [1.82, 2.24) is 0 Å². The first-order valence-electron chi connectivity index (χ1n) is 7.96. The van der Waals surface area contributed by atoms with E-state index in [1.807, 2.05) is 31.2 Å². The highest BCUT2D eigenvalue weighted by Crippen LogP contribution is 2.18. The van der Waals surface area contributed by atoms with Crippen LogP contribution in [0.4, 0.5) is 0 Å². The van der Waals surface area contributed by atoms with Gasteiger partial charge >= 0.3 is 5.97 Å². The molecular formula is C19H22O5S. The van der Waals surface area contributed by atoms with Crippen molar-refractivity contribution in [3.8, 4) is 0 Å². The van der Waals surface area contributed by atoms with Crippen molar-refractivity contribution in [3.05, 3.63) is 65.2 Å². The van der Waals surface area contributed by atoms with E-state index < -0.39 is 10.1 Å². The normalized spacial score (nSPS) is 12.6. The van der Waals surface area contributed by atoms with Crippen LogP contribution in [0.25, 0.3) is 0 Å². The van der Waals surface area contributed by atoms with Crippen LogP contribution in [0.15, 0.2) is 53.4 Å². The first-order valence-corrected chi connectivity index (χ1v) is 9.37. The van der Waals surface area contributed by atoms with Gasteiger partial charge in [0.1, 0.15) is 0 Å². The average molecular weight is 362 g/mol. The van der Waals surface area contributed by atoms with Crippen molar-refractivity contribution >= 4 is 16.1 Å². The van der Waals surface area contributed by atoms with Crippen LogP contribution in [-0.2, 0) is 30.3 Å². The Balaban J connectivity index is 1.93. The zero-order valence-corrected chi connectivity index (χ0v) is 15.4. The molecule has 0 aliphatic heterocycles. The molecule has 0 N–H and O–H groups in total. The van der Waals surface area contributed by atoms with E-state index in [9.17, 15) is 13.2 Å². The van der Waals surface area contributed by atoms with Crippen molar-refractivity contribution in [2.75, 3.05) is 13.7 Å². The Morgan fingerprint density at radius 1 is 1.04 bits per heavy atom. The van der Waals surface area contributed by atoms with Gasteiger partial charge in [0.05, 0.1) is 24.5 Å². The molecule has 0 fully saturated rings. The van der Waals surface area contributed by atoms with E-state index >= 15 is 0 Å². The standard InChI is InChI=1S/C19H22O5S/c1-14-4-10-18(11-5-14)25(21,22)24-13-12-16-6-8-17(9-7-16)15(2)19(20)23-3/h4-11,15H,12-13H2,1-3H3. The highest BCUT2D eigenvalue weighted by Gasteiger charge is 2.16. The molecule has 0 spiro atoms. The smallest absolute Gasteiger partial charge is 0.312 e. The van der Waals surface area contributed by atoms with Crippen LogP contribution in [0.3, 0.4) is 0 Å². The van der Waals surface area contributed by atoms with Crippen molar-refractivity contribution in [2.24, 2.45) is 0 Å². The van der Waals surface area contributed by atoms with Crippen LogP contribution in [-0.4, -0.2) is 28.1 Å². The van der Waals surface area contributed by atoms with Gasteiger partial charge in [0.2, 0.25) is 0 Å². The van der Waals surface area contributed by atoms with Gasteiger partial charge in [-0.3, -0.25) is 8.98 Å². The lowest BCUT2D eigenvalue weighted by molar-refractivity contribution is -0.141. The summed E-state index contributed by atoms with van der Waals surface area (Å²) in [6.45, 7) is 3.72. The quantitative estimate of drug-likeness (QED) is 0.559. The molecule has 0 bridgehead atoms. The number of carbonyl (C=O) groups is 1. The molecule has 2 aromatic rings. The third-order valence-corrected chi connectivity index (χ3v) is 5.30. The first kappa shape index (κ1) is 19.1. The molecule has 6 heteroatoms. The predicted octanol–water partition coefficient (Wildman–Crippen LogP) is 3.22. The molecule has 5 nitrogen and oxygen atoms in total. The maximum absolute atomic E-state index is 12.1. The summed E-state index contributed by atoms with van der Waals surface area (Å²) in [4.78, 5) is 11.7. The maximum atomic E-state index is 12.1. The Morgan fingerprint density at radius 2 is 1.64 bits per heavy atom. The van der Waals surface area contributed by atoms with Gasteiger partial charge in [0.25, 0.3) is 10.1 Å². The van der Waals surface area contributed by atoms with Gasteiger partial charge < -0.3 is 4.74 Å². The van der Waals surface area contributed by atoms with Gasteiger partial charge in [0, 0.05) is 0 Å². The van der Waals surface area contributed by atoms with Gasteiger partial charge in [-0.15, -0.1) is 0 Å².